The van der Waals surface area contributed by atoms with Gasteiger partial charge in [-0.2, -0.15) is 0 Å². The smallest absolute Gasteiger partial charge is 0.123 e. The molecule has 0 aromatic heterocycles. The summed E-state index contributed by atoms with van der Waals surface area (Å²) in [5, 5.41) is 3.61. The van der Waals surface area contributed by atoms with Gasteiger partial charge in [-0.15, -0.1) is 0 Å². The molecule has 0 atom stereocenters. The Labute approximate surface area is 102 Å². The molecule has 2 fully saturated rings. The molecule has 2 heteroatoms. The van der Waals surface area contributed by atoms with E-state index in [1.54, 1.807) is 6.07 Å². The second-order valence-corrected chi connectivity index (χ2v) is 5.61. The number of nitrogens with one attached hydrogen (secondary N) is 1. The van der Waals surface area contributed by atoms with Gasteiger partial charge in [0.15, 0.2) is 0 Å². The maximum atomic E-state index is 13.1. The van der Waals surface area contributed by atoms with Crippen molar-refractivity contribution in [3.05, 3.63) is 35.6 Å². The highest BCUT2D eigenvalue weighted by Crippen LogP contribution is 2.37. The van der Waals surface area contributed by atoms with E-state index < -0.39 is 0 Å². The summed E-state index contributed by atoms with van der Waals surface area (Å²) in [6.45, 7) is 1.17. The van der Waals surface area contributed by atoms with Gasteiger partial charge in [-0.05, 0) is 55.3 Å². The van der Waals surface area contributed by atoms with Crippen molar-refractivity contribution in [1.29, 1.82) is 0 Å². The van der Waals surface area contributed by atoms with E-state index in [1.165, 1.54) is 50.3 Å². The van der Waals surface area contributed by atoms with Crippen LogP contribution in [0.25, 0.3) is 0 Å². The third-order valence-electron chi connectivity index (χ3n) is 4.14. The van der Waals surface area contributed by atoms with E-state index in [4.69, 9.17) is 0 Å². The van der Waals surface area contributed by atoms with Gasteiger partial charge in [-0.1, -0.05) is 25.0 Å². The Kier molecular flexibility index (Phi) is 3.15. The van der Waals surface area contributed by atoms with Crippen molar-refractivity contribution in [2.45, 2.75) is 44.1 Å². The molecule has 3 rings (SSSR count). The highest BCUT2D eigenvalue weighted by atomic mass is 19.1. The predicted molar refractivity (Wildman–Crippen MR) is 67.5 cm³/mol. The molecule has 2 aliphatic carbocycles. The summed E-state index contributed by atoms with van der Waals surface area (Å²) >= 11 is 0. The van der Waals surface area contributed by atoms with Crippen LogP contribution in [0, 0.1) is 11.7 Å². The monoisotopic (exact) mass is 233 g/mol. The van der Waals surface area contributed by atoms with Crippen LogP contribution in [0.3, 0.4) is 0 Å². The zero-order valence-corrected chi connectivity index (χ0v) is 10.2. The second kappa shape index (κ2) is 4.77. The summed E-state index contributed by atoms with van der Waals surface area (Å²) in [7, 11) is 0. The fourth-order valence-corrected chi connectivity index (χ4v) is 2.72. The predicted octanol–water partition coefficient (Wildman–Crippen LogP) is 3.46. The molecule has 1 N–H and O–H groups in total. The molecule has 17 heavy (non-hydrogen) atoms. The summed E-state index contributed by atoms with van der Waals surface area (Å²) in [4.78, 5) is 0. The maximum absolute atomic E-state index is 13.1. The molecule has 0 saturated heterocycles. The molecule has 92 valence electrons. The Morgan fingerprint density at radius 3 is 2.76 bits per heavy atom. The van der Waals surface area contributed by atoms with E-state index in [-0.39, 0.29) is 5.82 Å². The average Bonchev–Trinajstić information content (AvgIpc) is 3.05. The Hall–Kier alpha value is -0.890. The maximum Gasteiger partial charge on any atom is 0.123 e. The minimum absolute atomic E-state index is 0.104. The van der Waals surface area contributed by atoms with Gasteiger partial charge in [0.2, 0.25) is 0 Å². The lowest BCUT2D eigenvalue weighted by Crippen LogP contribution is -2.40. The van der Waals surface area contributed by atoms with Crippen molar-refractivity contribution < 1.29 is 4.39 Å². The molecule has 1 aromatic rings. The van der Waals surface area contributed by atoms with E-state index in [2.05, 4.69) is 5.32 Å². The normalized spacial score (nSPS) is 27.8. The van der Waals surface area contributed by atoms with Crippen LogP contribution in [0.4, 0.5) is 4.39 Å². The molecule has 2 aliphatic rings. The summed E-state index contributed by atoms with van der Waals surface area (Å²) in [6, 6.07) is 7.74. The van der Waals surface area contributed by atoms with Crippen LogP contribution in [0.1, 0.15) is 43.6 Å². The Morgan fingerprint density at radius 2 is 2.06 bits per heavy atom. The van der Waals surface area contributed by atoms with Crippen LogP contribution in [0.5, 0.6) is 0 Å². The molecule has 0 amide bonds. The Balaban J connectivity index is 1.41. The van der Waals surface area contributed by atoms with Gasteiger partial charge >= 0.3 is 0 Å². The van der Waals surface area contributed by atoms with Gasteiger partial charge < -0.3 is 5.32 Å². The van der Waals surface area contributed by atoms with Crippen molar-refractivity contribution in [3.8, 4) is 0 Å². The molecule has 1 aromatic carbocycles. The topological polar surface area (TPSA) is 12.0 Å². The molecule has 1 nitrogen and oxygen atoms in total. The van der Waals surface area contributed by atoms with Gasteiger partial charge in [-0.25, -0.2) is 4.39 Å². The molecule has 0 unspecified atom stereocenters. The van der Waals surface area contributed by atoms with Crippen molar-refractivity contribution in [1.82, 2.24) is 5.32 Å². The van der Waals surface area contributed by atoms with Gasteiger partial charge in [0.25, 0.3) is 0 Å². The first-order valence-corrected chi connectivity index (χ1v) is 6.80. The first-order valence-electron chi connectivity index (χ1n) is 6.80. The number of hydrogen-bond acceptors (Lipinski definition) is 1. The van der Waals surface area contributed by atoms with Crippen molar-refractivity contribution in [2.24, 2.45) is 5.92 Å². The van der Waals surface area contributed by atoms with Gasteiger partial charge in [-0.3, -0.25) is 0 Å². The molecular weight excluding hydrogens is 213 g/mol. The Morgan fingerprint density at radius 1 is 1.24 bits per heavy atom. The largest absolute Gasteiger partial charge is 0.314 e. The van der Waals surface area contributed by atoms with Crippen molar-refractivity contribution in [2.75, 3.05) is 6.54 Å². The lowest BCUT2D eigenvalue weighted by atomic mass is 9.76. The summed E-state index contributed by atoms with van der Waals surface area (Å²) in [5.74, 6) is 1.48. The van der Waals surface area contributed by atoms with Crippen molar-refractivity contribution in [3.63, 3.8) is 0 Å². The van der Waals surface area contributed by atoms with Gasteiger partial charge in [0.1, 0.15) is 5.82 Å². The minimum Gasteiger partial charge on any atom is -0.314 e. The number of benzene rings is 1. The van der Waals surface area contributed by atoms with Gasteiger partial charge in [0.05, 0.1) is 0 Å². The van der Waals surface area contributed by atoms with Crippen LogP contribution in [-0.4, -0.2) is 12.6 Å². The van der Waals surface area contributed by atoms with Crippen LogP contribution >= 0.6 is 0 Å². The molecular formula is C15H20FN. The lowest BCUT2D eigenvalue weighted by Gasteiger charge is -2.36. The zero-order valence-electron chi connectivity index (χ0n) is 10.2. The van der Waals surface area contributed by atoms with Crippen LogP contribution in [-0.2, 0) is 0 Å². The number of hydrogen-bond donors (Lipinski definition) is 1. The SMILES string of the molecule is Fc1cccc(C2CC(NCCC3CC3)C2)c1. The highest BCUT2D eigenvalue weighted by molar-refractivity contribution is 5.23. The first-order chi connectivity index (χ1) is 8.31. The van der Waals surface area contributed by atoms with Crippen molar-refractivity contribution >= 4 is 0 Å². The second-order valence-electron chi connectivity index (χ2n) is 5.61. The van der Waals surface area contributed by atoms with E-state index in [0.717, 1.165) is 5.92 Å². The minimum atomic E-state index is -0.104. The van der Waals surface area contributed by atoms with E-state index >= 15 is 0 Å². The highest BCUT2D eigenvalue weighted by Gasteiger charge is 2.30. The third kappa shape index (κ3) is 2.86. The van der Waals surface area contributed by atoms with Crippen LogP contribution in [0.2, 0.25) is 0 Å². The van der Waals surface area contributed by atoms with E-state index in [9.17, 15) is 4.39 Å². The molecule has 2 saturated carbocycles. The standard InChI is InChI=1S/C15H20FN/c16-14-3-1-2-12(8-14)13-9-15(10-13)17-7-6-11-4-5-11/h1-3,8,11,13,15,17H,4-7,9-10H2. The lowest BCUT2D eigenvalue weighted by molar-refractivity contribution is 0.288. The number of halogens is 1. The molecule has 0 heterocycles. The molecule has 0 spiro atoms. The van der Waals surface area contributed by atoms with E-state index in [1.807, 2.05) is 12.1 Å². The third-order valence-corrected chi connectivity index (χ3v) is 4.14. The first kappa shape index (κ1) is 11.2. The number of rotatable bonds is 5. The van der Waals surface area contributed by atoms with E-state index in [0.29, 0.717) is 12.0 Å². The summed E-state index contributed by atoms with van der Waals surface area (Å²) in [5.41, 5.74) is 1.17. The van der Waals surface area contributed by atoms with Crippen LogP contribution < -0.4 is 5.32 Å². The fraction of sp³-hybridized carbons (Fsp3) is 0.600. The summed E-state index contributed by atoms with van der Waals surface area (Å²) < 4.78 is 13.1. The van der Waals surface area contributed by atoms with Gasteiger partial charge in [0, 0.05) is 6.04 Å². The molecule has 0 radical (unpaired) electrons. The van der Waals surface area contributed by atoms with Crippen LogP contribution in [0.15, 0.2) is 24.3 Å². The summed E-state index contributed by atoms with van der Waals surface area (Å²) in [6.07, 6.45) is 6.58. The quantitative estimate of drug-likeness (QED) is 0.821. The fourth-order valence-electron chi connectivity index (χ4n) is 2.72. The molecule has 0 aliphatic heterocycles. The molecule has 0 bridgehead atoms. The zero-order chi connectivity index (χ0) is 11.7. The average molecular weight is 233 g/mol. The Bertz CT molecular complexity index is 380.